The third kappa shape index (κ3) is 3.09. The van der Waals surface area contributed by atoms with Crippen LogP contribution >= 0.6 is 0 Å². The summed E-state index contributed by atoms with van der Waals surface area (Å²) in [5, 5.41) is 12.8. The van der Waals surface area contributed by atoms with Crippen molar-refractivity contribution in [2.24, 2.45) is 0 Å². The van der Waals surface area contributed by atoms with Crippen LogP contribution in [0.1, 0.15) is 0 Å². The fourth-order valence-electron chi connectivity index (χ4n) is 7.67. The molecule has 2 heterocycles. The molecular formula is C42H26N2. The second kappa shape index (κ2) is 8.82. The summed E-state index contributed by atoms with van der Waals surface area (Å²) in [7, 11) is 0. The summed E-state index contributed by atoms with van der Waals surface area (Å²) in [6, 6.07) is 57.7. The highest BCUT2D eigenvalue weighted by molar-refractivity contribution is 6.29. The Morgan fingerprint density at radius 3 is 1.57 bits per heavy atom. The van der Waals surface area contributed by atoms with E-state index in [0.29, 0.717) is 0 Å². The Bertz CT molecular complexity index is 2760. The highest BCUT2D eigenvalue weighted by atomic mass is 15.0. The summed E-state index contributed by atoms with van der Waals surface area (Å²) < 4.78 is 4.89. The van der Waals surface area contributed by atoms with Crippen molar-refractivity contribution in [1.82, 2.24) is 9.13 Å². The third-order valence-corrected chi connectivity index (χ3v) is 9.49. The molecule has 0 aliphatic heterocycles. The van der Waals surface area contributed by atoms with E-state index < -0.39 is 0 Å². The van der Waals surface area contributed by atoms with E-state index in [1.54, 1.807) is 0 Å². The molecule has 2 heteroatoms. The van der Waals surface area contributed by atoms with Crippen molar-refractivity contribution in [2.45, 2.75) is 0 Å². The van der Waals surface area contributed by atoms with Crippen LogP contribution in [0.15, 0.2) is 158 Å². The molecule has 0 aliphatic carbocycles. The maximum absolute atomic E-state index is 2.48. The Labute approximate surface area is 253 Å². The van der Waals surface area contributed by atoms with Gasteiger partial charge in [-0.1, -0.05) is 115 Å². The molecule has 0 atom stereocenters. The molecular weight excluding hydrogens is 532 g/mol. The zero-order valence-electron chi connectivity index (χ0n) is 23.9. The number of para-hydroxylation sites is 3. The second-order valence-corrected chi connectivity index (χ2v) is 11.7. The van der Waals surface area contributed by atoms with Gasteiger partial charge in [-0.05, 0) is 69.4 Å². The zero-order valence-corrected chi connectivity index (χ0v) is 23.9. The monoisotopic (exact) mass is 558 g/mol. The molecule has 0 aliphatic rings. The Kier molecular flexibility index (Phi) is 4.75. The lowest BCUT2D eigenvalue weighted by Crippen LogP contribution is -1.96. The van der Waals surface area contributed by atoms with E-state index in [-0.39, 0.29) is 0 Å². The molecule has 8 aromatic carbocycles. The standard InChI is InChI=1S/C42H26N2/c1-2-12-28(13-3-1)43-37-18-8-6-15-34(37)41-39(43)25-26-40-42(41)35-16-7-9-19-38(35)44(40)36-20-10-17-30-32-22-21-27-11-4-5-14-29(27)31(32)23-24-33(30)36/h1-26H. The lowest BCUT2D eigenvalue weighted by Gasteiger charge is -2.14. The molecule has 0 bridgehead atoms. The van der Waals surface area contributed by atoms with Crippen molar-refractivity contribution in [3.8, 4) is 11.4 Å². The Morgan fingerprint density at radius 2 is 0.795 bits per heavy atom. The van der Waals surface area contributed by atoms with Crippen LogP contribution in [-0.2, 0) is 0 Å². The van der Waals surface area contributed by atoms with Crippen molar-refractivity contribution in [1.29, 1.82) is 0 Å². The molecule has 204 valence electrons. The molecule has 0 saturated carbocycles. The number of aromatic nitrogens is 2. The largest absolute Gasteiger partial charge is 0.309 e. The fourth-order valence-corrected chi connectivity index (χ4v) is 7.67. The first-order valence-electron chi connectivity index (χ1n) is 15.2. The highest BCUT2D eigenvalue weighted by Crippen LogP contribution is 2.43. The van der Waals surface area contributed by atoms with Gasteiger partial charge in [0.15, 0.2) is 0 Å². The first-order valence-corrected chi connectivity index (χ1v) is 15.2. The summed E-state index contributed by atoms with van der Waals surface area (Å²) in [5.41, 5.74) is 7.27. The van der Waals surface area contributed by atoms with Gasteiger partial charge in [0, 0.05) is 32.6 Å². The van der Waals surface area contributed by atoms with Gasteiger partial charge in [0.1, 0.15) is 0 Å². The maximum Gasteiger partial charge on any atom is 0.0549 e. The Hall–Kier alpha value is -5.86. The van der Waals surface area contributed by atoms with Crippen molar-refractivity contribution in [3.05, 3.63) is 158 Å². The van der Waals surface area contributed by atoms with Crippen molar-refractivity contribution >= 4 is 75.9 Å². The number of nitrogens with zero attached hydrogens (tertiary/aromatic N) is 2. The van der Waals surface area contributed by atoms with Crippen LogP contribution < -0.4 is 0 Å². The average Bonchev–Trinajstić information content (AvgIpc) is 3.61. The molecule has 0 saturated heterocycles. The van der Waals surface area contributed by atoms with E-state index >= 15 is 0 Å². The number of fused-ring (bicyclic) bond motifs is 12. The molecule has 2 aromatic heterocycles. The predicted octanol–water partition coefficient (Wildman–Crippen LogP) is 11.3. The summed E-state index contributed by atoms with van der Waals surface area (Å²) >= 11 is 0. The normalized spacial score (nSPS) is 12.1. The Morgan fingerprint density at radius 1 is 0.273 bits per heavy atom. The smallest absolute Gasteiger partial charge is 0.0549 e. The molecule has 0 radical (unpaired) electrons. The second-order valence-electron chi connectivity index (χ2n) is 11.7. The van der Waals surface area contributed by atoms with E-state index in [4.69, 9.17) is 0 Å². The first-order chi connectivity index (χ1) is 21.9. The van der Waals surface area contributed by atoms with E-state index in [1.807, 2.05) is 0 Å². The van der Waals surface area contributed by atoms with E-state index in [0.717, 1.165) is 0 Å². The minimum atomic E-state index is 1.18. The van der Waals surface area contributed by atoms with Crippen LogP contribution in [0.2, 0.25) is 0 Å². The maximum atomic E-state index is 2.48. The summed E-state index contributed by atoms with van der Waals surface area (Å²) in [5.74, 6) is 0. The Balaban J connectivity index is 1.35. The topological polar surface area (TPSA) is 9.86 Å². The predicted molar refractivity (Wildman–Crippen MR) is 188 cm³/mol. The van der Waals surface area contributed by atoms with Crippen LogP contribution in [0, 0.1) is 0 Å². The van der Waals surface area contributed by atoms with Gasteiger partial charge in [0.25, 0.3) is 0 Å². The van der Waals surface area contributed by atoms with Crippen molar-refractivity contribution < 1.29 is 0 Å². The number of benzene rings is 8. The molecule has 44 heavy (non-hydrogen) atoms. The van der Waals surface area contributed by atoms with Gasteiger partial charge >= 0.3 is 0 Å². The van der Waals surface area contributed by atoms with Crippen LogP contribution in [0.25, 0.3) is 87.3 Å². The van der Waals surface area contributed by atoms with Gasteiger partial charge in [-0.2, -0.15) is 0 Å². The molecule has 0 N–H and O–H groups in total. The van der Waals surface area contributed by atoms with Crippen LogP contribution in [-0.4, -0.2) is 9.13 Å². The molecule has 10 aromatic rings. The molecule has 0 unspecified atom stereocenters. The van der Waals surface area contributed by atoms with E-state index in [2.05, 4.69) is 167 Å². The average molecular weight is 559 g/mol. The van der Waals surface area contributed by atoms with Crippen LogP contribution in [0.4, 0.5) is 0 Å². The first kappa shape index (κ1) is 23.7. The number of hydrogen-bond donors (Lipinski definition) is 0. The molecule has 0 amide bonds. The van der Waals surface area contributed by atoms with Crippen molar-refractivity contribution in [2.75, 3.05) is 0 Å². The fraction of sp³-hybridized carbons (Fsp3) is 0. The van der Waals surface area contributed by atoms with Gasteiger partial charge in [-0.25, -0.2) is 0 Å². The van der Waals surface area contributed by atoms with Crippen LogP contribution in [0.3, 0.4) is 0 Å². The van der Waals surface area contributed by atoms with E-state index in [1.165, 1.54) is 87.3 Å². The van der Waals surface area contributed by atoms with Crippen molar-refractivity contribution in [3.63, 3.8) is 0 Å². The molecule has 0 fully saturated rings. The molecule has 0 spiro atoms. The zero-order chi connectivity index (χ0) is 28.8. The number of hydrogen-bond acceptors (Lipinski definition) is 0. The highest BCUT2D eigenvalue weighted by Gasteiger charge is 2.21. The van der Waals surface area contributed by atoms with Gasteiger partial charge in [0.2, 0.25) is 0 Å². The van der Waals surface area contributed by atoms with Gasteiger partial charge < -0.3 is 9.13 Å². The van der Waals surface area contributed by atoms with Gasteiger partial charge in [0.05, 0.1) is 27.8 Å². The van der Waals surface area contributed by atoms with E-state index in [9.17, 15) is 0 Å². The minimum absolute atomic E-state index is 1.18. The van der Waals surface area contributed by atoms with Gasteiger partial charge in [-0.15, -0.1) is 0 Å². The SMILES string of the molecule is c1ccc(-n2c3ccccc3c3c4c5ccccc5n(-c5cccc6c5ccc5c7ccccc7ccc65)c4ccc32)cc1. The molecule has 2 nitrogen and oxygen atoms in total. The van der Waals surface area contributed by atoms with Gasteiger partial charge in [-0.3, -0.25) is 0 Å². The quantitative estimate of drug-likeness (QED) is 0.187. The summed E-state index contributed by atoms with van der Waals surface area (Å²) in [6.07, 6.45) is 0. The number of rotatable bonds is 2. The lowest BCUT2D eigenvalue weighted by atomic mass is 9.96. The lowest BCUT2D eigenvalue weighted by molar-refractivity contribution is 1.18. The summed E-state index contributed by atoms with van der Waals surface area (Å²) in [4.78, 5) is 0. The molecule has 10 rings (SSSR count). The summed E-state index contributed by atoms with van der Waals surface area (Å²) in [6.45, 7) is 0. The van der Waals surface area contributed by atoms with Crippen LogP contribution in [0.5, 0.6) is 0 Å². The third-order valence-electron chi connectivity index (χ3n) is 9.49. The minimum Gasteiger partial charge on any atom is -0.309 e.